The van der Waals surface area contributed by atoms with E-state index in [1.807, 2.05) is 42.5 Å². The summed E-state index contributed by atoms with van der Waals surface area (Å²) in [6.45, 7) is 0.317. The van der Waals surface area contributed by atoms with Crippen molar-refractivity contribution in [2.45, 2.75) is 6.54 Å². The van der Waals surface area contributed by atoms with E-state index in [2.05, 4.69) is 20.6 Å². The molecule has 7 heteroatoms. The molecule has 3 aromatic rings. The van der Waals surface area contributed by atoms with Gasteiger partial charge in [0.25, 0.3) is 5.91 Å². The number of nitrogens with one attached hydrogen (secondary N) is 2. The second kappa shape index (κ2) is 9.89. The van der Waals surface area contributed by atoms with E-state index in [0.29, 0.717) is 23.8 Å². The second-order valence-electron chi connectivity index (χ2n) is 6.03. The van der Waals surface area contributed by atoms with Gasteiger partial charge in [-0.3, -0.25) is 15.1 Å². The quantitative estimate of drug-likeness (QED) is 0.497. The number of amides is 1. The van der Waals surface area contributed by atoms with Crippen molar-refractivity contribution in [2.24, 2.45) is 4.99 Å². The van der Waals surface area contributed by atoms with Crippen LogP contribution in [-0.4, -0.2) is 31.1 Å². The third-order valence-electron chi connectivity index (χ3n) is 4.04. The van der Waals surface area contributed by atoms with Gasteiger partial charge in [0, 0.05) is 17.4 Å². The van der Waals surface area contributed by atoms with Crippen molar-refractivity contribution in [1.82, 2.24) is 10.3 Å². The number of aliphatic imine (C=N–C) groups is 1. The molecular weight excluding hydrogens is 368 g/mol. The van der Waals surface area contributed by atoms with E-state index in [-0.39, 0.29) is 5.91 Å². The van der Waals surface area contributed by atoms with Gasteiger partial charge in [-0.25, -0.2) is 4.99 Å². The molecule has 0 aliphatic rings. The van der Waals surface area contributed by atoms with Crippen LogP contribution in [-0.2, 0) is 6.54 Å². The van der Waals surface area contributed by atoms with E-state index < -0.39 is 0 Å². The number of carbonyl (C=O) groups excluding carboxylic acids is 1. The summed E-state index contributed by atoms with van der Waals surface area (Å²) in [5.41, 5.74) is 2.01. The Kier molecular flexibility index (Phi) is 6.78. The number of aromatic nitrogens is 1. The van der Waals surface area contributed by atoms with Crippen LogP contribution in [0.15, 0.2) is 77.9 Å². The summed E-state index contributed by atoms with van der Waals surface area (Å²) in [6, 6.07) is 19.8. The van der Waals surface area contributed by atoms with Gasteiger partial charge >= 0.3 is 0 Å². The Balaban J connectivity index is 1.79. The molecule has 29 heavy (non-hydrogen) atoms. The Morgan fingerprint density at radius 3 is 2.45 bits per heavy atom. The lowest BCUT2D eigenvalue weighted by Crippen LogP contribution is -2.36. The van der Waals surface area contributed by atoms with Gasteiger partial charge in [0.15, 0.2) is 0 Å². The fraction of sp³-hybridized carbons (Fsp3) is 0.136. The molecule has 0 bridgehead atoms. The number of guanidine groups is 1. The predicted octanol–water partition coefficient (Wildman–Crippen LogP) is 3.50. The Labute approximate surface area is 169 Å². The van der Waals surface area contributed by atoms with Crippen molar-refractivity contribution in [3.63, 3.8) is 0 Å². The maximum atomic E-state index is 12.7. The highest BCUT2D eigenvalue weighted by atomic mass is 16.5. The topological polar surface area (TPSA) is 84.8 Å². The van der Waals surface area contributed by atoms with Gasteiger partial charge in [0.1, 0.15) is 11.5 Å². The Morgan fingerprint density at radius 1 is 0.966 bits per heavy atom. The first-order valence-electron chi connectivity index (χ1n) is 8.99. The van der Waals surface area contributed by atoms with Crippen LogP contribution >= 0.6 is 0 Å². The van der Waals surface area contributed by atoms with Crippen LogP contribution in [0.4, 0.5) is 5.69 Å². The SMILES string of the molecule is COc1ccc(NC(=NCc2ccccn2)NC(=O)c2cccc(OC)c2)cc1. The molecule has 0 spiro atoms. The molecule has 0 atom stereocenters. The number of rotatable bonds is 6. The van der Waals surface area contributed by atoms with Crippen LogP contribution in [0.5, 0.6) is 11.5 Å². The van der Waals surface area contributed by atoms with Crippen molar-refractivity contribution in [3.05, 3.63) is 84.2 Å². The van der Waals surface area contributed by atoms with Gasteiger partial charge < -0.3 is 14.8 Å². The van der Waals surface area contributed by atoms with Crippen molar-refractivity contribution < 1.29 is 14.3 Å². The highest BCUT2D eigenvalue weighted by Crippen LogP contribution is 2.15. The number of hydrogen-bond donors (Lipinski definition) is 2. The lowest BCUT2D eigenvalue weighted by atomic mass is 10.2. The number of carbonyl (C=O) groups is 1. The monoisotopic (exact) mass is 390 g/mol. The zero-order valence-corrected chi connectivity index (χ0v) is 16.3. The molecule has 0 saturated carbocycles. The average Bonchev–Trinajstić information content (AvgIpc) is 2.78. The molecule has 2 N–H and O–H groups in total. The number of pyridine rings is 1. The number of nitrogens with zero attached hydrogens (tertiary/aromatic N) is 2. The molecular formula is C22H22N4O3. The van der Waals surface area contributed by atoms with Crippen LogP contribution < -0.4 is 20.1 Å². The maximum absolute atomic E-state index is 12.7. The number of anilines is 1. The van der Waals surface area contributed by atoms with Gasteiger partial charge in [-0.1, -0.05) is 12.1 Å². The lowest BCUT2D eigenvalue weighted by Gasteiger charge is -2.13. The van der Waals surface area contributed by atoms with Gasteiger partial charge in [-0.05, 0) is 54.6 Å². The minimum atomic E-state index is -0.301. The molecule has 0 fully saturated rings. The number of ether oxygens (including phenoxy) is 2. The van der Waals surface area contributed by atoms with E-state index in [4.69, 9.17) is 9.47 Å². The van der Waals surface area contributed by atoms with E-state index in [1.54, 1.807) is 44.7 Å². The number of methoxy groups -OCH3 is 2. The molecule has 1 heterocycles. The summed E-state index contributed by atoms with van der Waals surface area (Å²) in [4.78, 5) is 21.5. The Hall–Kier alpha value is -3.87. The first kappa shape index (κ1) is 19.9. The fourth-order valence-electron chi connectivity index (χ4n) is 2.52. The molecule has 2 aromatic carbocycles. The third-order valence-corrected chi connectivity index (χ3v) is 4.04. The molecule has 0 aliphatic heterocycles. The Bertz CT molecular complexity index is 973. The summed E-state index contributed by atoms with van der Waals surface area (Å²) >= 11 is 0. The number of hydrogen-bond acceptors (Lipinski definition) is 5. The standard InChI is InChI=1S/C22H22N4O3/c1-28-19-11-9-17(10-12-19)25-22(24-15-18-7-3-4-13-23-18)26-21(27)16-6-5-8-20(14-16)29-2/h3-14H,15H2,1-2H3,(H2,24,25,26,27). The zero-order valence-electron chi connectivity index (χ0n) is 16.3. The third kappa shape index (κ3) is 5.80. The molecule has 7 nitrogen and oxygen atoms in total. The van der Waals surface area contributed by atoms with Crippen molar-refractivity contribution in [3.8, 4) is 11.5 Å². The van der Waals surface area contributed by atoms with E-state index >= 15 is 0 Å². The van der Waals surface area contributed by atoms with Gasteiger partial charge in [0.2, 0.25) is 5.96 Å². The van der Waals surface area contributed by atoms with Crippen LogP contribution in [0.3, 0.4) is 0 Å². The van der Waals surface area contributed by atoms with E-state index in [9.17, 15) is 4.79 Å². The van der Waals surface area contributed by atoms with Crippen LogP contribution in [0.2, 0.25) is 0 Å². The van der Waals surface area contributed by atoms with Crippen LogP contribution in [0.25, 0.3) is 0 Å². The minimum absolute atomic E-state index is 0.301. The minimum Gasteiger partial charge on any atom is -0.497 e. The first-order chi connectivity index (χ1) is 14.2. The predicted molar refractivity (Wildman–Crippen MR) is 112 cm³/mol. The first-order valence-corrected chi connectivity index (χ1v) is 8.99. The molecule has 3 rings (SSSR count). The fourth-order valence-corrected chi connectivity index (χ4v) is 2.52. The smallest absolute Gasteiger partial charge is 0.258 e. The summed E-state index contributed by atoms with van der Waals surface area (Å²) in [5, 5.41) is 5.95. The van der Waals surface area contributed by atoms with Gasteiger partial charge in [0.05, 0.1) is 26.5 Å². The van der Waals surface area contributed by atoms with Gasteiger partial charge in [-0.15, -0.1) is 0 Å². The molecule has 0 unspecified atom stereocenters. The summed E-state index contributed by atoms with van der Waals surface area (Å²) < 4.78 is 10.4. The van der Waals surface area contributed by atoms with E-state index in [1.165, 1.54) is 0 Å². The van der Waals surface area contributed by atoms with Crippen molar-refractivity contribution in [1.29, 1.82) is 0 Å². The van der Waals surface area contributed by atoms with Crippen LogP contribution in [0, 0.1) is 0 Å². The Morgan fingerprint density at radius 2 is 1.76 bits per heavy atom. The lowest BCUT2D eigenvalue weighted by molar-refractivity contribution is 0.0976. The second-order valence-corrected chi connectivity index (χ2v) is 6.03. The summed E-state index contributed by atoms with van der Waals surface area (Å²) in [7, 11) is 3.17. The highest BCUT2D eigenvalue weighted by Gasteiger charge is 2.11. The highest BCUT2D eigenvalue weighted by molar-refractivity contribution is 6.10. The van der Waals surface area contributed by atoms with Crippen LogP contribution in [0.1, 0.15) is 16.1 Å². The normalized spacial score (nSPS) is 10.9. The average molecular weight is 390 g/mol. The summed E-state index contributed by atoms with van der Waals surface area (Å²) in [5.74, 6) is 1.36. The van der Waals surface area contributed by atoms with Crippen molar-refractivity contribution >= 4 is 17.6 Å². The number of benzene rings is 2. The van der Waals surface area contributed by atoms with Crippen molar-refractivity contribution in [2.75, 3.05) is 19.5 Å². The van der Waals surface area contributed by atoms with Gasteiger partial charge in [-0.2, -0.15) is 0 Å². The molecule has 148 valence electrons. The molecule has 1 amide bonds. The summed E-state index contributed by atoms with van der Waals surface area (Å²) in [6.07, 6.45) is 1.70. The maximum Gasteiger partial charge on any atom is 0.258 e. The van der Waals surface area contributed by atoms with E-state index in [0.717, 1.165) is 17.1 Å². The largest absolute Gasteiger partial charge is 0.497 e. The molecule has 1 aromatic heterocycles. The molecule has 0 saturated heterocycles. The molecule has 0 radical (unpaired) electrons. The zero-order chi connectivity index (χ0) is 20.5. The molecule has 0 aliphatic carbocycles.